The van der Waals surface area contributed by atoms with Crippen molar-refractivity contribution in [3.05, 3.63) is 77.7 Å². The van der Waals surface area contributed by atoms with E-state index < -0.39 is 0 Å². The summed E-state index contributed by atoms with van der Waals surface area (Å²) in [6.07, 6.45) is 0.929. The van der Waals surface area contributed by atoms with Gasteiger partial charge in [0.05, 0.1) is 28.8 Å². The Morgan fingerprint density at radius 1 is 0.969 bits per heavy atom. The number of hydrogen-bond donors (Lipinski definition) is 0. The monoisotopic (exact) mass is 443 g/mol. The predicted molar refractivity (Wildman–Crippen MR) is 131 cm³/mol. The minimum absolute atomic E-state index is 0.0815. The number of anilines is 1. The quantitative estimate of drug-likeness (QED) is 0.428. The number of ether oxygens (including phenoxy) is 1. The number of pyridine rings is 1. The van der Waals surface area contributed by atoms with Crippen LogP contribution in [0, 0.1) is 0 Å². The average molecular weight is 444 g/mol. The van der Waals surface area contributed by atoms with Crippen molar-refractivity contribution in [2.75, 3.05) is 38.2 Å². The maximum absolute atomic E-state index is 13.7. The number of methoxy groups -OCH3 is 1. The summed E-state index contributed by atoms with van der Waals surface area (Å²) in [7, 11) is 1.68. The van der Waals surface area contributed by atoms with E-state index in [0.29, 0.717) is 6.54 Å². The van der Waals surface area contributed by atoms with Crippen molar-refractivity contribution >= 4 is 33.8 Å². The van der Waals surface area contributed by atoms with Gasteiger partial charge in [-0.25, -0.2) is 4.98 Å². The number of amides is 1. The molecular formula is C26H25N3O2S. The van der Waals surface area contributed by atoms with Crippen LogP contribution in [0.4, 0.5) is 5.69 Å². The molecule has 0 N–H and O–H groups in total. The highest BCUT2D eigenvalue weighted by atomic mass is 32.1. The lowest BCUT2D eigenvalue weighted by atomic mass is 10.1. The van der Waals surface area contributed by atoms with Gasteiger partial charge in [-0.15, -0.1) is 11.3 Å². The Morgan fingerprint density at radius 2 is 1.81 bits per heavy atom. The summed E-state index contributed by atoms with van der Waals surface area (Å²) in [5.74, 6) is 0.935. The van der Waals surface area contributed by atoms with E-state index in [2.05, 4.69) is 23.1 Å². The Hall–Kier alpha value is -3.38. The van der Waals surface area contributed by atoms with Crippen molar-refractivity contribution < 1.29 is 9.53 Å². The van der Waals surface area contributed by atoms with Gasteiger partial charge < -0.3 is 14.5 Å². The normalized spacial score (nSPS) is 14.4. The van der Waals surface area contributed by atoms with Crippen LogP contribution >= 0.6 is 11.3 Å². The Bertz CT molecular complexity index is 1220. The van der Waals surface area contributed by atoms with Gasteiger partial charge in [0.15, 0.2) is 0 Å². The zero-order valence-corrected chi connectivity index (χ0v) is 18.8. The van der Waals surface area contributed by atoms with Crippen LogP contribution in [0.5, 0.6) is 5.75 Å². The first-order valence-electron chi connectivity index (χ1n) is 10.8. The summed E-state index contributed by atoms with van der Waals surface area (Å²) < 4.78 is 5.27. The molecule has 4 aromatic rings. The second kappa shape index (κ2) is 9.01. The van der Waals surface area contributed by atoms with Crippen molar-refractivity contribution in [2.24, 2.45) is 0 Å². The van der Waals surface area contributed by atoms with Gasteiger partial charge in [0.1, 0.15) is 5.75 Å². The lowest BCUT2D eigenvalue weighted by Gasteiger charge is -2.24. The largest absolute Gasteiger partial charge is 0.497 e. The van der Waals surface area contributed by atoms with Crippen LogP contribution in [0.15, 0.2) is 72.1 Å². The van der Waals surface area contributed by atoms with Gasteiger partial charge >= 0.3 is 0 Å². The molecule has 1 saturated heterocycles. The van der Waals surface area contributed by atoms with E-state index in [0.717, 1.165) is 64.5 Å². The molecule has 3 heterocycles. The van der Waals surface area contributed by atoms with Crippen molar-refractivity contribution in [1.82, 2.24) is 9.88 Å². The second-order valence-corrected chi connectivity index (χ2v) is 8.83. The Balaban J connectivity index is 1.41. The number of nitrogens with zero attached hydrogens (tertiary/aromatic N) is 3. The van der Waals surface area contributed by atoms with Gasteiger partial charge in [-0.1, -0.05) is 24.3 Å². The Kier molecular flexibility index (Phi) is 5.77. The molecule has 2 aromatic heterocycles. The van der Waals surface area contributed by atoms with E-state index in [1.807, 2.05) is 58.8 Å². The summed E-state index contributed by atoms with van der Waals surface area (Å²) in [4.78, 5) is 23.9. The molecule has 32 heavy (non-hydrogen) atoms. The number of carbonyl (C=O) groups excluding carboxylic acids is 1. The molecule has 0 radical (unpaired) electrons. The van der Waals surface area contributed by atoms with Crippen molar-refractivity contribution in [3.63, 3.8) is 0 Å². The summed E-state index contributed by atoms with van der Waals surface area (Å²) >= 11 is 1.64. The fourth-order valence-electron chi connectivity index (χ4n) is 4.25. The van der Waals surface area contributed by atoms with Crippen LogP contribution < -0.4 is 9.64 Å². The fraction of sp³-hybridized carbons (Fsp3) is 0.231. The molecule has 1 fully saturated rings. The smallest absolute Gasteiger partial charge is 0.254 e. The second-order valence-electron chi connectivity index (χ2n) is 7.88. The predicted octanol–water partition coefficient (Wildman–Crippen LogP) is 5.32. The van der Waals surface area contributed by atoms with Crippen molar-refractivity contribution in [2.45, 2.75) is 6.42 Å². The first kappa shape index (κ1) is 20.5. The van der Waals surface area contributed by atoms with Crippen LogP contribution in [0.25, 0.3) is 21.5 Å². The fourth-order valence-corrected chi connectivity index (χ4v) is 4.93. The molecule has 0 saturated carbocycles. The molecule has 0 bridgehead atoms. The van der Waals surface area contributed by atoms with Crippen LogP contribution in [0.3, 0.4) is 0 Å². The van der Waals surface area contributed by atoms with Gasteiger partial charge in [-0.2, -0.15) is 0 Å². The van der Waals surface area contributed by atoms with Crippen molar-refractivity contribution in [3.8, 4) is 16.3 Å². The lowest BCUT2D eigenvalue weighted by molar-refractivity contribution is 0.0769. The Morgan fingerprint density at radius 3 is 2.59 bits per heavy atom. The number of rotatable bonds is 4. The molecule has 0 atom stereocenters. The number of benzene rings is 2. The van der Waals surface area contributed by atoms with Crippen molar-refractivity contribution in [1.29, 1.82) is 0 Å². The highest BCUT2D eigenvalue weighted by Gasteiger charge is 2.23. The molecule has 1 aliphatic heterocycles. The minimum atomic E-state index is 0.0815. The summed E-state index contributed by atoms with van der Waals surface area (Å²) in [5, 5.41) is 2.95. The molecule has 6 heteroatoms. The van der Waals surface area contributed by atoms with E-state index in [1.54, 1.807) is 18.4 Å². The molecule has 162 valence electrons. The standard InChI is InChI=1S/C26H25N3O2S/c1-31-20-11-9-19(10-12-20)28-13-5-14-29(16-15-28)26(30)22-18-24(25-8-4-17-32-25)27-23-7-3-2-6-21(22)23/h2-4,6-12,17-18H,5,13-16H2,1H3. The van der Waals surface area contributed by atoms with Gasteiger partial charge in [-0.3, -0.25) is 4.79 Å². The summed E-state index contributed by atoms with van der Waals surface area (Å²) in [5.41, 5.74) is 3.61. The van der Waals surface area contributed by atoms with Gasteiger partial charge in [0, 0.05) is 37.3 Å². The number of fused-ring (bicyclic) bond motifs is 1. The minimum Gasteiger partial charge on any atom is -0.497 e. The zero-order valence-electron chi connectivity index (χ0n) is 18.0. The van der Waals surface area contributed by atoms with Crippen LogP contribution in [0.2, 0.25) is 0 Å². The number of carbonyl (C=O) groups is 1. The highest BCUT2D eigenvalue weighted by molar-refractivity contribution is 7.13. The van der Waals surface area contributed by atoms with E-state index in [4.69, 9.17) is 9.72 Å². The summed E-state index contributed by atoms with van der Waals surface area (Å²) in [6.45, 7) is 3.17. The lowest BCUT2D eigenvalue weighted by Crippen LogP contribution is -2.35. The van der Waals surface area contributed by atoms with Gasteiger partial charge in [-0.05, 0) is 54.3 Å². The summed E-state index contributed by atoms with van der Waals surface area (Å²) in [6, 6.07) is 22.1. The van der Waals surface area contributed by atoms with Gasteiger partial charge in [0.2, 0.25) is 0 Å². The third-order valence-electron chi connectivity index (χ3n) is 5.94. The molecule has 0 spiro atoms. The molecule has 1 amide bonds. The third-order valence-corrected chi connectivity index (χ3v) is 6.83. The highest BCUT2D eigenvalue weighted by Crippen LogP contribution is 2.29. The molecule has 0 unspecified atom stereocenters. The number of hydrogen-bond acceptors (Lipinski definition) is 5. The molecular weight excluding hydrogens is 418 g/mol. The topological polar surface area (TPSA) is 45.7 Å². The number of thiophene rings is 1. The molecule has 5 rings (SSSR count). The number of para-hydroxylation sites is 1. The Labute approximate surface area is 191 Å². The number of aromatic nitrogens is 1. The molecule has 0 aliphatic carbocycles. The van der Waals surface area contributed by atoms with E-state index >= 15 is 0 Å². The van der Waals surface area contributed by atoms with E-state index in [-0.39, 0.29) is 5.91 Å². The van der Waals surface area contributed by atoms with E-state index in [9.17, 15) is 4.79 Å². The molecule has 2 aromatic carbocycles. The molecule has 1 aliphatic rings. The molecule has 5 nitrogen and oxygen atoms in total. The first-order chi connectivity index (χ1) is 15.7. The maximum atomic E-state index is 13.7. The zero-order chi connectivity index (χ0) is 21.9. The first-order valence-corrected chi connectivity index (χ1v) is 11.7. The third kappa shape index (κ3) is 4.06. The van der Waals surface area contributed by atoms with Crippen LogP contribution in [-0.4, -0.2) is 49.1 Å². The van der Waals surface area contributed by atoms with E-state index in [1.165, 1.54) is 0 Å². The SMILES string of the molecule is COc1ccc(N2CCCN(C(=O)c3cc(-c4cccs4)nc4ccccc34)CC2)cc1. The van der Waals surface area contributed by atoms with Gasteiger partial charge in [0.25, 0.3) is 5.91 Å². The maximum Gasteiger partial charge on any atom is 0.254 e. The van der Waals surface area contributed by atoms with Crippen LogP contribution in [0.1, 0.15) is 16.8 Å². The van der Waals surface area contributed by atoms with Crippen LogP contribution in [-0.2, 0) is 0 Å². The average Bonchev–Trinajstić information content (AvgIpc) is 3.28.